The largest absolute Gasteiger partial charge is 0.324 e. The van der Waals surface area contributed by atoms with Crippen LogP contribution in [0.4, 0.5) is 0 Å². The van der Waals surface area contributed by atoms with Crippen molar-refractivity contribution in [2.45, 2.75) is 52.1 Å². The zero-order chi connectivity index (χ0) is 13.9. The minimum Gasteiger partial charge on any atom is -0.324 e. The molecule has 0 aliphatic heterocycles. The highest BCUT2D eigenvalue weighted by Gasteiger charge is 2.30. The zero-order valence-electron chi connectivity index (χ0n) is 12.5. The Labute approximate surface area is 117 Å². The number of benzene rings is 1. The SMILES string of the molecule is CC(CNC1CCC(C)(C)C1)C(N)c1ccccc1. The molecular formula is C17H28N2. The van der Waals surface area contributed by atoms with Gasteiger partial charge in [-0.15, -0.1) is 0 Å². The molecule has 0 amide bonds. The minimum absolute atomic E-state index is 0.128. The fourth-order valence-corrected chi connectivity index (χ4v) is 3.09. The van der Waals surface area contributed by atoms with Crippen molar-refractivity contribution in [3.63, 3.8) is 0 Å². The van der Waals surface area contributed by atoms with E-state index in [2.05, 4.69) is 50.4 Å². The molecule has 1 aliphatic rings. The average molecular weight is 260 g/mol. The van der Waals surface area contributed by atoms with Crippen LogP contribution in [0.1, 0.15) is 51.6 Å². The summed E-state index contributed by atoms with van der Waals surface area (Å²) in [6, 6.07) is 11.2. The molecule has 1 fully saturated rings. The van der Waals surface area contributed by atoms with Crippen LogP contribution in [0.2, 0.25) is 0 Å². The molecule has 2 heteroatoms. The quantitative estimate of drug-likeness (QED) is 0.850. The number of hydrogen-bond acceptors (Lipinski definition) is 2. The first-order chi connectivity index (χ1) is 8.98. The Morgan fingerprint density at radius 1 is 1.32 bits per heavy atom. The van der Waals surface area contributed by atoms with Gasteiger partial charge in [0.25, 0.3) is 0 Å². The predicted molar refractivity (Wildman–Crippen MR) is 82.0 cm³/mol. The van der Waals surface area contributed by atoms with Gasteiger partial charge in [0.1, 0.15) is 0 Å². The van der Waals surface area contributed by atoms with Crippen molar-refractivity contribution in [1.82, 2.24) is 5.32 Å². The fourth-order valence-electron chi connectivity index (χ4n) is 3.09. The van der Waals surface area contributed by atoms with Crippen molar-refractivity contribution in [2.24, 2.45) is 17.1 Å². The molecule has 1 aromatic carbocycles. The van der Waals surface area contributed by atoms with Crippen LogP contribution in [-0.2, 0) is 0 Å². The van der Waals surface area contributed by atoms with Crippen molar-refractivity contribution in [3.05, 3.63) is 35.9 Å². The second kappa shape index (κ2) is 6.06. The molecule has 1 aliphatic carbocycles. The topological polar surface area (TPSA) is 38.0 Å². The third-order valence-corrected chi connectivity index (χ3v) is 4.49. The molecule has 3 atom stereocenters. The van der Waals surface area contributed by atoms with Crippen molar-refractivity contribution in [1.29, 1.82) is 0 Å². The molecule has 19 heavy (non-hydrogen) atoms. The Hall–Kier alpha value is -0.860. The van der Waals surface area contributed by atoms with Gasteiger partial charge in [-0.2, -0.15) is 0 Å². The van der Waals surface area contributed by atoms with Crippen LogP contribution in [0.3, 0.4) is 0 Å². The van der Waals surface area contributed by atoms with Crippen molar-refractivity contribution >= 4 is 0 Å². The molecule has 1 aromatic rings. The van der Waals surface area contributed by atoms with Gasteiger partial charge < -0.3 is 11.1 Å². The molecule has 2 nitrogen and oxygen atoms in total. The molecule has 0 aromatic heterocycles. The summed E-state index contributed by atoms with van der Waals surface area (Å²) < 4.78 is 0. The van der Waals surface area contributed by atoms with Crippen LogP contribution >= 0.6 is 0 Å². The summed E-state index contributed by atoms with van der Waals surface area (Å²) in [6.45, 7) is 7.99. The molecule has 0 radical (unpaired) electrons. The minimum atomic E-state index is 0.128. The number of hydrogen-bond donors (Lipinski definition) is 2. The lowest BCUT2D eigenvalue weighted by molar-refractivity contribution is 0.350. The third-order valence-electron chi connectivity index (χ3n) is 4.49. The van der Waals surface area contributed by atoms with Crippen LogP contribution < -0.4 is 11.1 Å². The van der Waals surface area contributed by atoms with Crippen LogP contribution in [0.15, 0.2) is 30.3 Å². The maximum Gasteiger partial charge on any atom is 0.0333 e. The summed E-state index contributed by atoms with van der Waals surface area (Å²) in [5.74, 6) is 0.464. The summed E-state index contributed by atoms with van der Waals surface area (Å²) in [6.07, 6.45) is 3.93. The first-order valence-electron chi connectivity index (χ1n) is 7.52. The lowest BCUT2D eigenvalue weighted by Gasteiger charge is -2.24. The Kier molecular flexibility index (Phi) is 4.64. The highest BCUT2D eigenvalue weighted by molar-refractivity contribution is 5.19. The average Bonchev–Trinajstić information content (AvgIpc) is 2.76. The van der Waals surface area contributed by atoms with Gasteiger partial charge in [0, 0.05) is 12.1 Å². The van der Waals surface area contributed by atoms with E-state index in [-0.39, 0.29) is 6.04 Å². The Morgan fingerprint density at radius 3 is 2.58 bits per heavy atom. The van der Waals surface area contributed by atoms with Gasteiger partial charge in [-0.25, -0.2) is 0 Å². The molecule has 2 rings (SSSR count). The first-order valence-corrected chi connectivity index (χ1v) is 7.52. The fraction of sp³-hybridized carbons (Fsp3) is 0.647. The second-order valence-electron chi connectivity index (χ2n) is 6.93. The molecule has 0 bridgehead atoms. The standard InChI is InChI=1S/C17H28N2/c1-13(16(18)14-7-5-4-6-8-14)12-19-15-9-10-17(2,3)11-15/h4-8,13,15-16,19H,9-12,18H2,1-3H3. The number of rotatable bonds is 5. The van der Waals surface area contributed by atoms with Gasteiger partial charge in [0.05, 0.1) is 0 Å². The second-order valence-corrected chi connectivity index (χ2v) is 6.93. The lowest BCUT2D eigenvalue weighted by Crippen LogP contribution is -2.35. The van der Waals surface area contributed by atoms with Crippen molar-refractivity contribution < 1.29 is 0 Å². The molecule has 106 valence electrons. The van der Waals surface area contributed by atoms with Crippen molar-refractivity contribution in [3.8, 4) is 0 Å². The third kappa shape index (κ3) is 4.05. The maximum absolute atomic E-state index is 6.34. The highest BCUT2D eigenvalue weighted by Crippen LogP contribution is 2.37. The molecular weight excluding hydrogens is 232 g/mol. The van der Waals surface area contributed by atoms with E-state index in [0.717, 1.165) is 6.54 Å². The molecule has 1 saturated carbocycles. The van der Waals surface area contributed by atoms with E-state index in [1.165, 1.54) is 24.8 Å². The normalized spacial score (nSPS) is 25.2. The zero-order valence-corrected chi connectivity index (χ0v) is 12.5. The van der Waals surface area contributed by atoms with E-state index < -0.39 is 0 Å². The lowest BCUT2D eigenvalue weighted by atomic mass is 9.91. The number of nitrogens with one attached hydrogen (secondary N) is 1. The monoisotopic (exact) mass is 260 g/mol. The summed E-state index contributed by atoms with van der Waals surface area (Å²) >= 11 is 0. The Balaban J connectivity index is 1.80. The van der Waals surface area contributed by atoms with Crippen LogP contribution in [-0.4, -0.2) is 12.6 Å². The van der Waals surface area contributed by atoms with E-state index in [0.29, 0.717) is 17.4 Å². The van der Waals surface area contributed by atoms with E-state index in [1.54, 1.807) is 0 Å². The van der Waals surface area contributed by atoms with Gasteiger partial charge in [0.2, 0.25) is 0 Å². The van der Waals surface area contributed by atoms with Crippen LogP contribution in [0.25, 0.3) is 0 Å². The Morgan fingerprint density at radius 2 is 2.00 bits per heavy atom. The molecule has 3 unspecified atom stereocenters. The Bertz CT molecular complexity index is 386. The molecule has 0 saturated heterocycles. The first kappa shape index (κ1) is 14.5. The van der Waals surface area contributed by atoms with Gasteiger partial charge in [0.15, 0.2) is 0 Å². The van der Waals surface area contributed by atoms with E-state index in [9.17, 15) is 0 Å². The highest BCUT2D eigenvalue weighted by atomic mass is 14.9. The van der Waals surface area contributed by atoms with E-state index in [1.807, 2.05) is 6.07 Å². The smallest absolute Gasteiger partial charge is 0.0333 e. The van der Waals surface area contributed by atoms with Crippen LogP contribution in [0, 0.1) is 11.3 Å². The van der Waals surface area contributed by atoms with Crippen molar-refractivity contribution in [2.75, 3.05) is 6.54 Å². The van der Waals surface area contributed by atoms with E-state index >= 15 is 0 Å². The maximum atomic E-state index is 6.34. The van der Waals surface area contributed by atoms with Gasteiger partial charge in [-0.05, 0) is 42.7 Å². The summed E-state index contributed by atoms with van der Waals surface area (Å²) in [5.41, 5.74) is 8.09. The molecule has 3 N–H and O–H groups in total. The molecule has 0 spiro atoms. The van der Waals surface area contributed by atoms with E-state index in [4.69, 9.17) is 5.73 Å². The summed E-state index contributed by atoms with van der Waals surface area (Å²) in [5, 5.41) is 3.71. The summed E-state index contributed by atoms with van der Waals surface area (Å²) in [7, 11) is 0. The van der Waals surface area contributed by atoms with Crippen LogP contribution in [0.5, 0.6) is 0 Å². The van der Waals surface area contributed by atoms with Gasteiger partial charge >= 0.3 is 0 Å². The summed E-state index contributed by atoms with van der Waals surface area (Å²) in [4.78, 5) is 0. The predicted octanol–water partition coefficient (Wildman–Crippen LogP) is 3.49. The van der Waals surface area contributed by atoms with Gasteiger partial charge in [-0.3, -0.25) is 0 Å². The number of nitrogens with two attached hydrogens (primary N) is 1. The molecule has 0 heterocycles. The van der Waals surface area contributed by atoms with Gasteiger partial charge in [-0.1, -0.05) is 51.1 Å².